The summed E-state index contributed by atoms with van der Waals surface area (Å²) in [7, 11) is 0. The van der Waals surface area contributed by atoms with Gasteiger partial charge in [0.25, 0.3) is 0 Å². The van der Waals surface area contributed by atoms with Gasteiger partial charge >= 0.3 is 0 Å². The summed E-state index contributed by atoms with van der Waals surface area (Å²) in [5, 5.41) is 24.4. The summed E-state index contributed by atoms with van der Waals surface area (Å²) in [4.78, 5) is 3.77. The van der Waals surface area contributed by atoms with E-state index in [2.05, 4.69) is 10.1 Å². The van der Waals surface area contributed by atoms with Gasteiger partial charge in [-0.1, -0.05) is 13.0 Å². The molecule has 0 radical (unpaired) electrons. The topological polar surface area (TPSA) is 71.2 Å². The molecule has 0 aliphatic heterocycles. The van der Waals surface area contributed by atoms with Crippen LogP contribution >= 0.6 is 0 Å². The van der Waals surface area contributed by atoms with E-state index in [1.54, 1.807) is 6.92 Å². The molecule has 0 amide bonds. The summed E-state index contributed by atoms with van der Waals surface area (Å²) >= 11 is 0. The first-order valence-corrected chi connectivity index (χ1v) is 6.62. The number of nitrogens with zero attached hydrogens (tertiary/aromatic N) is 3. The predicted octanol–water partition coefficient (Wildman–Crippen LogP) is 1.46. The van der Waals surface area contributed by atoms with Crippen molar-refractivity contribution in [3.8, 4) is 0 Å². The first-order valence-electron chi connectivity index (χ1n) is 6.62. The van der Waals surface area contributed by atoms with Gasteiger partial charge in [0.2, 0.25) is 0 Å². The average molecular weight is 297 g/mol. The molecule has 2 aromatic rings. The molecule has 5 nitrogen and oxygen atoms in total. The van der Waals surface area contributed by atoms with Crippen molar-refractivity contribution in [1.82, 2.24) is 14.8 Å². The SMILES string of the molecule is CC[C@@H](CO)[C@](O)(Cn1cncn1)c1ccc(F)cc1F. The van der Waals surface area contributed by atoms with E-state index in [0.29, 0.717) is 12.5 Å². The van der Waals surface area contributed by atoms with Crippen LogP contribution in [0.4, 0.5) is 8.78 Å². The van der Waals surface area contributed by atoms with Crippen LogP contribution in [0, 0.1) is 17.6 Å². The summed E-state index contributed by atoms with van der Waals surface area (Å²) in [6.45, 7) is 1.35. The predicted molar refractivity (Wildman–Crippen MR) is 71.1 cm³/mol. The van der Waals surface area contributed by atoms with Gasteiger partial charge < -0.3 is 10.2 Å². The number of halogens is 2. The summed E-state index contributed by atoms with van der Waals surface area (Å²) in [6, 6.07) is 2.99. The van der Waals surface area contributed by atoms with E-state index >= 15 is 0 Å². The van der Waals surface area contributed by atoms with Gasteiger partial charge in [0.1, 0.15) is 29.9 Å². The van der Waals surface area contributed by atoms with E-state index in [0.717, 1.165) is 6.07 Å². The Balaban J connectivity index is 2.48. The lowest BCUT2D eigenvalue weighted by atomic mass is 9.79. The third-order valence-corrected chi connectivity index (χ3v) is 3.66. The van der Waals surface area contributed by atoms with Crippen LogP contribution in [0.1, 0.15) is 18.9 Å². The molecule has 0 saturated heterocycles. The minimum atomic E-state index is -1.71. The molecule has 2 rings (SSSR count). The molecule has 2 atom stereocenters. The molecule has 114 valence electrons. The molecular formula is C14H17F2N3O2. The lowest BCUT2D eigenvalue weighted by Crippen LogP contribution is -2.42. The van der Waals surface area contributed by atoms with E-state index in [-0.39, 0.29) is 18.7 Å². The van der Waals surface area contributed by atoms with Crippen molar-refractivity contribution in [1.29, 1.82) is 0 Å². The van der Waals surface area contributed by atoms with Crippen molar-refractivity contribution in [2.24, 2.45) is 5.92 Å². The first-order chi connectivity index (χ1) is 10.0. The second kappa shape index (κ2) is 6.28. The van der Waals surface area contributed by atoms with E-state index in [9.17, 15) is 19.0 Å². The largest absolute Gasteiger partial charge is 0.396 e. The third kappa shape index (κ3) is 3.08. The van der Waals surface area contributed by atoms with Gasteiger partial charge in [0.05, 0.1) is 6.54 Å². The van der Waals surface area contributed by atoms with Crippen molar-refractivity contribution in [3.63, 3.8) is 0 Å². The molecule has 1 aromatic heterocycles. The van der Waals surface area contributed by atoms with Gasteiger partial charge in [-0.3, -0.25) is 0 Å². The number of rotatable bonds is 6. The molecular weight excluding hydrogens is 280 g/mol. The molecule has 7 heteroatoms. The summed E-state index contributed by atoms with van der Waals surface area (Å²) in [5.41, 5.74) is -1.78. The molecule has 1 aromatic carbocycles. The molecule has 0 fully saturated rings. The Bertz CT molecular complexity index is 588. The zero-order chi connectivity index (χ0) is 15.5. The van der Waals surface area contributed by atoms with Gasteiger partial charge in [-0.25, -0.2) is 18.4 Å². The fraction of sp³-hybridized carbons (Fsp3) is 0.429. The van der Waals surface area contributed by atoms with Crippen LogP contribution in [-0.4, -0.2) is 31.6 Å². The highest BCUT2D eigenvalue weighted by atomic mass is 19.1. The molecule has 1 heterocycles. The fourth-order valence-corrected chi connectivity index (χ4v) is 2.45. The minimum Gasteiger partial charge on any atom is -0.396 e. The first kappa shape index (κ1) is 15.5. The standard InChI is InChI=1S/C14H17F2N3O2/c1-2-10(6-20)14(21,7-19-9-17-8-18-19)12-4-3-11(15)5-13(12)16/h3-5,8-10,20-21H,2,6-7H2,1H3/t10-,14+/m0/s1. The molecule has 2 N–H and O–H groups in total. The fourth-order valence-electron chi connectivity index (χ4n) is 2.45. The van der Waals surface area contributed by atoms with Crippen LogP contribution in [0.25, 0.3) is 0 Å². The smallest absolute Gasteiger partial charge is 0.137 e. The van der Waals surface area contributed by atoms with Crippen molar-refractivity contribution in [3.05, 3.63) is 48.1 Å². The Morgan fingerprint density at radius 3 is 2.67 bits per heavy atom. The number of hydrogen-bond acceptors (Lipinski definition) is 4. The van der Waals surface area contributed by atoms with Crippen molar-refractivity contribution < 1.29 is 19.0 Å². The second-order valence-electron chi connectivity index (χ2n) is 4.93. The lowest BCUT2D eigenvalue weighted by Gasteiger charge is -2.35. The van der Waals surface area contributed by atoms with Crippen LogP contribution < -0.4 is 0 Å². The molecule has 0 unspecified atom stereocenters. The second-order valence-corrected chi connectivity index (χ2v) is 4.93. The van der Waals surface area contributed by atoms with Crippen LogP contribution in [0.3, 0.4) is 0 Å². The van der Waals surface area contributed by atoms with Crippen molar-refractivity contribution in [2.75, 3.05) is 6.61 Å². The monoisotopic (exact) mass is 297 g/mol. The highest BCUT2D eigenvalue weighted by Gasteiger charge is 2.40. The molecule has 21 heavy (non-hydrogen) atoms. The van der Waals surface area contributed by atoms with Gasteiger partial charge in [0.15, 0.2) is 0 Å². The van der Waals surface area contributed by atoms with Crippen LogP contribution in [0.15, 0.2) is 30.9 Å². The minimum absolute atomic E-state index is 0.0692. The maximum atomic E-state index is 14.1. The number of benzene rings is 1. The molecule has 0 aliphatic carbocycles. The Morgan fingerprint density at radius 1 is 1.38 bits per heavy atom. The Labute approximate surface area is 120 Å². The van der Waals surface area contributed by atoms with E-state index < -0.39 is 23.2 Å². The third-order valence-electron chi connectivity index (χ3n) is 3.66. The average Bonchev–Trinajstić information content (AvgIpc) is 2.92. The van der Waals surface area contributed by atoms with E-state index in [4.69, 9.17) is 0 Å². The Morgan fingerprint density at radius 2 is 2.14 bits per heavy atom. The van der Waals surface area contributed by atoms with Crippen LogP contribution in [-0.2, 0) is 12.1 Å². The van der Waals surface area contributed by atoms with Gasteiger partial charge in [-0.15, -0.1) is 0 Å². The van der Waals surface area contributed by atoms with Crippen molar-refractivity contribution in [2.45, 2.75) is 25.5 Å². The normalized spacial score (nSPS) is 15.7. The molecule has 0 spiro atoms. The van der Waals surface area contributed by atoms with Gasteiger partial charge in [-0.2, -0.15) is 5.10 Å². The summed E-state index contributed by atoms with van der Waals surface area (Å²) < 4.78 is 28.5. The summed E-state index contributed by atoms with van der Waals surface area (Å²) in [6.07, 6.45) is 3.09. The molecule has 0 aliphatic rings. The summed E-state index contributed by atoms with van der Waals surface area (Å²) in [5.74, 6) is -2.21. The van der Waals surface area contributed by atoms with Gasteiger partial charge in [-0.05, 0) is 12.5 Å². The van der Waals surface area contributed by atoms with E-state index in [1.807, 2.05) is 0 Å². The zero-order valence-electron chi connectivity index (χ0n) is 11.6. The van der Waals surface area contributed by atoms with Crippen LogP contribution in [0.2, 0.25) is 0 Å². The Kier molecular flexibility index (Phi) is 4.64. The Hall–Kier alpha value is -1.86. The molecule has 0 bridgehead atoms. The van der Waals surface area contributed by atoms with E-state index in [1.165, 1.54) is 23.4 Å². The quantitative estimate of drug-likeness (QED) is 0.847. The number of hydrogen-bond donors (Lipinski definition) is 2. The lowest BCUT2D eigenvalue weighted by molar-refractivity contribution is -0.0652. The number of aromatic nitrogens is 3. The highest BCUT2D eigenvalue weighted by Crippen LogP contribution is 2.35. The van der Waals surface area contributed by atoms with Gasteiger partial charge in [0, 0.05) is 24.2 Å². The number of aliphatic hydroxyl groups is 2. The maximum Gasteiger partial charge on any atom is 0.137 e. The van der Waals surface area contributed by atoms with Crippen molar-refractivity contribution >= 4 is 0 Å². The number of aliphatic hydroxyl groups excluding tert-OH is 1. The maximum absolute atomic E-state index is 14.1. The van der Waals surface area contributed by atoms with Crippen LogP contribution in [0.5, 0.6) is 0 Å². The zero-order valence-corrected chi connectivity index (χ0v) is 11.6. The molecule has 0 saturated carbocycles. The highest BCUT2D eigenvalue weighted by molar-refractivity contribution is 5.26.